The van der Waals surface area contributed by atoms with Crippen molar-refractivity contribution in [3.8, 4) is 0 Å². The first-order chi connectivity index (χ1) is 13.6. The van der Waals surface area contributed by atoms with Gasteiger partial charge in [-0.25, -0.2) is 8.78 Å². The molecule has 3 rings (SSSR count). The van der Waals surface area contributed by atoms with Crippen molar-refractivity contribution in [2.75, 3.05) is 0 Å². The minimum Gasteiger partial charge on any atom is -0.346 e. The number of hydrogen-bond donors (Lipinski definition) is 1. The van der Waals surface area contributed by atoms with Crippen molar-refractivity contribution in [3.63, 3.8) is 0 Å². The van der Waals surface area contributed by atoms with E-state index in [0.29, 0.717) is 5.56 Å². The average Bonchev–Trinajstić information content (AvgIpc) is 2.63. The fourth-order valence-electron chi connectivity index (χ4n) is 3.25. The van der Waals surface area contributed by atoms with Crippen molar-refractivity contribution in [2.24, 2.45) is 0 Å². The summed E-state index contributed by atoms with van der Waals surface area (Å²) in [6, 6.07) is 11.9. The van der Waals surface area contributed by atoms with E-state index in [1.807, 2.05) is 0 Å². The van der Waals surface area contributed by atoms with Crippen LogP contribution < -0.4 is 5.32 Å². The van der Waals surface area contributed by atoms with Crippen LogP contribution in [0, 0.1) is 11.6 Å². The monoisotopic (exact) mass is 408 g/mol. The predicted octanol–water partition coefficient (Wildman–Crippen LogP) is 5.20. The van der Waals surface area contributed by atoms with Crippen LogP contribution in [0.2, 0.25) is 0 Å². The molecular weight excluding hydrogens is 391 g/mol. The van der Waals surface area contributed by atoms with Crippen LogP contribution in [0.25, 0.3) is 10.9 Å². The van der Waals surface area contributed by atoms with Gasteiger partial charge in [0, 0.05) is 11.6 Å². The van der Waals surface area contributed by atoms with Crippen molar-refractivity contribution in [3.05, 3.63) is 77.5 Å². The van der Waals surface area contributed by atoms with Crippen LogP contribution in [0.15, 0.2) is 54.7 Å². The molecule has 152 valence electrons. The molecule has 1 atom stereocenters. The van der Waals surface area contributed by atoms with Crippen molar-refractivity contribution >= 4 is 16.8 Å². The first-order valence-corrected chi connectivity index (χ1v) is 8.73. The molecule has 0 radical (unpaired) electrons. The molecule has 8 heteroatoms. The highest BCUT2D eigenvalue weighted by Crippen LogP contribution is 2.30. The summed E-state index contributed by atoms with van der Waals surface area (Å²) in [5.74, 6) is -3.02. The number of alkyl halides is 3. The van der Waals surface area contributed by atoms with Gasteiger partial charge in [-0.2, -0.15) is 13.2 Å². The molecule has 1 amide bonds. The van der Waals surface area contributed by atoms with E-state index in [-0.39, 0.29) is 22.9 Å². The molecule has 0 spiro atoms. The minimum atomic E-state index is -4.50. The maximum atomic E-state index is 13.8. The zero-order chi connectivity index (χ0) is 21.2. The molecule has 3 aromatic rings. The van der Waals surface area contributed by atoms with Gasteiger partial charge in [0.25, 0.3) is 5.91 Å². The maximum absolute atomic E-state index is 13.8. The quantitative estimate of drug-likeness (QED) is 0.590. The summed E-state index contributed by atoms with van der Waals surface area (Å²) in [7, 11) is 0. The number of halogens is 5. The molecule has 0 saturated carbocycles. The molecule has 0 saturated heterocycles. The topological polar surface area (TPSA) is 42.0 Å². The lowest BCUT2D eigenvalue weighted by atomic mass is 9.88. The number of hydrogen-bond acceptors (Lipinski definition) is 2. The summed E-state index contributed by atoms with van der Waals surface area (Å²) in [5.41, 5.74) is -1.29. The SMILES string of the molecule is C[C@@](Cc1ccccc1)(CC(F)(F)F)NC(=O)c1cnc2c(F)c(F)ccc2c1. The molecular formula is C21H17F5N2O. The first-order valence-electron chi connectivity index (χ1n) is 8.73. The van der Waals surface area contributed by atoms with Crippen LogP contribution in [-0.2, 0) is 6.42 Å². The lowest BCUT2D eigenvalue weighted by molar-refractivity contribution is -0.147. The third-order valence-electron chi connectivity index (χ3n) is 4.45. The highest BCUT2D eigenvalue weighted by atomic mass is 19.4. The summed E-state index contributed by atoms with van der Waals surface area (Å²) in [6.07, 6.45) is -4.77. The van der Waals surface area contributed by atoms with Crippen molar-refractivity contribution < 1.29 is 26.7 Å². The molecule has 0 bridgehead atoms. The number of amides is 1. The zero-order valence-electron chi connectivity index (χ0n) is 15.4. The van der Waals surface area contributed by atoms with Crippen LogP contribution in [0.5, 0.6) is 0 Å². The zero-order valence-corrected chi connectivity index (χ0v) is 15.4. The standard InChI is InChI=1S/C21H17F5N2O/c1-20(12-21(24,25)26,10-13-5-3-2-4-6-13)28-19(29)15-9-14-7-8-16(22)17(23)18(14)27-11-15/h2-9,11H,10,12H2,1H3,(H,28,29)/t20-/m1/s1. The average molecular weight is 408 g/mol. The van der Waals surface area contributed by atoms with Gasteiger partial charge in [-0.3, -0.25) is 9.78 Å². The molecule has 0 fully saturated rings. The lowest BCUT2D eigenvalue weighted by Gasteiger charge is -2.32. The summed E-state index contributed by atoms with van der Waals surface area (Å²) >= 11 is 0. The Kier molecular flexibility index (Phi) is 5.55. The number of carbonyl (C=O) groups is 1. The van der Waals surface area contributed by atoms with E-state index in [1.54, 1.807) is 30.3 Å². The van der Waals surface area contributed by atoms with Gasteiger partial charge in [-0.15, -0.1) is 0 Å². The van der Waals surface area contributed by atoms with Gasteiger partial charge in [0.1, 0.15) is 5.52 Å². The number of fused-ring (bicyclic) bond motifs is 1. The Morgan fingerprint density at radius 1 is 1.07 bits per heavy atom. The molecule has 0 unspecified atom stereocenters. The Balaban J connectivity index is 1.89. The Hall–Kier alpha value is -3.03. The highest BCUT2D eigenvalue weighted by molar-refractivity contribution is 5.97. The molecule has 0 aliphatic carbocycles. The Morgan fingerprint density at radius 2 is 1.76 bits per heavy atom. The number of pyridine rings is 1. The van der Waals surface area contributed by atoms with Crippen LogP contribution in [0.4, 0.5) is 22.0 Å². The number of carbonyl (C=O) groups excluding carboxylic acids is 1. The smallest absolute Gasteiger partial charge is 0.346 e. The van der Waals surface area contributed by atoms with Crippen molar-refractivity contribution in [1.82, 2.24) is 10.3 Å². The van der Waals surface area contributed by atoms with Crippen LogP contribution in [0.3, 0.4) is 0 Å². The molecule has 3 nitrogen and oxygen atoms in total. The minimum absolute atomic E-state index is 0.0417. The molecule has 1 aromatic heterocycles. The molecule has 1 N–H and O–H groups in total. The second kappa shape index (κ2) is 7.77. The lowest BCUT2D eigenvalue weighted by Crippen LogP contribution is -2.50. The third kappa shape index (κ3) is 5.07. The number of nitrogens with zero attached hydrogens (tertiary/aromatic N) is 1. The fourth-order valence-corrected chi connectivity index (χ4v) is 3.25. The van der Waals surface area contributed by atoms with Gasteiger partial charge < -0.3 is 5.32 Å². The van der Waals surface area contributed by atoms with E-state index < -0.39 is 35.7 Å². The number of rotatable bonds is 5. The summed E-state index contributed by atoms with van der Waals surface area (Å²) < 4.78 is 66.5. The number of nitrogens with one attached hydrogen (secondary N) is 1. The second-order valence-electron chi connectivity index (χ2n) is 7.13. The van der Waals surface area contributed by atoms with Crippen LogP contribution in [-0.4, -0.2) is 22.6 Å². The maximum Gasteiger partial charge on any atom is 0.391 e. The predicted molar refractivity (Wildman–Crippen MR) is 98.3 cm³/mol. The van der Waals surface area contributed by atoms with E-state index in [2.05, 4.69) is 10.3 Å². The van der Waals surface area contributed by atoms with Gasteiger partial charge in [0.2, 0.25) is 0 Å². The van der Waals surface area contributed by atoms with E-state index in [4.69, 9.17) is 0 Å². The van der Waals surface area contributed by atoms with Gasteiger partial charge in [-0.1, -0.05) is 30.3 Å². The van der Waals surface area contributed by atoms with E-state index in [1.165, 1.54) is 19.1 Å². The largest absolute Gasteiger partial charge is 0.391 e. The van der Waals surface area contributed by atoms with Crippen LogP contribution in [0.1, 0.15) is 29.3 Å². The van der Waals surface area contributed by atoms with Crippen molar-refractivity contribution in [2.45, 2.75) is 31.5 Å². The first kappa shape index (κ1) is 20.7. The van der Waals surface area contributed by atoms with E-state index in [0.717, 1.165) is 12.3 Å². The molecule has 2 aromatic carbocycles. The Labute approximate surface area is 163 Å². The summed E-state index contributed by atoms with van der Waals surface area (Å²) in [6.45, 7) is 1.31. The van der Waals surface area contributed by atoms with Gasteiger partial charge >= 0.3 is 6.18 Å². The Bertz CT molecular complexity index is 1040. The molecule has 1 heterocycles. The fraction of sp³-hybridized carbons (Fsp3) is 0.238. The van der Waals surface area contributed by atoms with Crippen molar-refractivity contribution in [1.29, 1.82) is 0 Å². The normalized spacial score (nSPS) is 13.9. The highest BCUT2D eigenvalue weighted by Gasteiger charge is 2.40. The van der Waals surface area contributed by atoms with Gasteiger partial charge in [0.15, 0.2) is 11.6 Å². The van der Waals surface area contributed by atoms with Gasteiger partial charge in [-0.05, 0) is 37.1 Å². The number of aromatic nitrogens is 1. The number of benzene rings is 2. The summed E-state index contributed by atoms with van der Waals surface area (Å²) in [5, 5.41) is 2.60. The molecule has 29 heavy (non-hydrogen) atoms. The molecule has 0 aliphatic rings. The third-order valence-corrected chi connectivity index (χ3v) is 4.45. The Morgan fingerprint density at radius 3 is 2.41 bits per heavy atom. The van der Waals surface area contributed by atoms with E-state index in [9.17, 15) is 26.7 Å². The van der Waals surface area contributed by atoms with Crippen LogP contribution >= 0.6 is 0 Å². The van der Waals surface area contributed by atoms with Gasteiger partial charge in [0.05, 0.1) is 17.5 Å². The second-order valence-corrected chi connectivity index (χ2v) is 7.13. The van der Waals surface area contributed by atoms with E-state index >= 15 is 0 Å². The summed E-state index contributed by atoms with van der Waals surface area (Å²) in [4.78, 5) is 16.4. The molecule has 0 aliphatic heterocycles.